The summed E-state index contributed by atoms with van der Waals surface area (Å²) < 4.78 is 11.5. The van der Waals surface area contributed by atoms with Gasteiger partial charge < -0.3 is 15.2 Å². The molecular weight excluding hydrogens is 354 g/mol. The van der Waals surface area contributed by atoms with Crippen molar-refractivity contribution >= 4 is 17.7 Å². The van der Waals surface area contributed by atoms with Crippen molar-refractivity contribution in [1.29, 1.82) is 0 Å². The van der Waals surface area contributed by atoms with Crippen LogP contribution >= 0.6 is 0 Å². The zero-order chi connectivity index (χ0) is 20.5. The number of carbonyl (C=O) groups excluding carboxylic acids is 1. The molecule has 1 aromatic rings. The van der Waals surface area contributed by atoms with Gasteiger partial charge in [-0.25, -0.2) is 0 Å². The number of nitrogens with two attached hydrogens (primary N) is 1. The maximum Gasteiger partial charge on any atom is 0.203 e. The lowest BCUT2D eigenvalue weighted by Gasteiger charge is -2.14. The summed E-state index contributed by atoms with van der Waals surface area (Å²) in [7, 11) is 0. The highest BCUT2D eigenvalue weighted by atomic mass is 16.5. The van der Waals surface area contributed by atoms with Crippen molar-refractivity contribution < 1.29 is 14.3 Å². The van der Waals surface area contributed by atoms with Crippen LogP contribution in [-0.4, -0.2) is 37.0 Å². The van der Waals surface area contributed by atoms with Crippen LogP contribution in [0, 0.1) is 5.92 Å². The molecule has 0 aliphatic carbocycles. The molecule has 28 heavy (non-hydrogen) atoms. The third-order valence-corrected chi connectivity index (χ3v) is 3.97. The highest BCUT2D eigenvalue weighted by Gasteiger charge is 2.11. The second-order valence-electron chi connectivity index (χ2n) is 7.61. The molecule has 0 saturated carbocycles. The van der Waals surface area contributed by atoms with Gasteiger partial charge in [-0.05, 0) is 44.7 Å². The third-order valence-electron chi connectivity index (χ3n) is 3.97. The third kappa shape index (κ3) is 7.55. The number of hydrogen-bond donors (Lipinski definition) is 1. The van der Waals surface area contributed by atoms with E-state index in [1.165, 1.54) is 6.21 Å². The largest absolute Gasteiger partial charge is 0.493 e. The summed E-state index contributed by atoms with van der Waals surface area (Å²) in [6, 6.07) is 5.29. The molecule has 2 N–H and O–H groups in total. The highest BCUT2D eigenvalue weighted by molar-refractivity contribution is 6.35. The number of hydrogen-bond acceptors (Lipinski definition) is 6. The minimum Gasteiger partial charge on any atom is -0.493 e. The Morgan fingerprint density at radius 1 is 1.21 bits per heavy atom. The summed E-state index contributed by atoms with van der Waals surface area (Å²) in [6.45, 7) is 9.15. The average molecular weight is 386 g/mol. The van der Waals surface area contributed by atoms with E-state index in [-0.39, 0.29) is 11.9 Å². The van der Waals surface area contributed by atoms with Gasteiger partial charge in [0.1, 0.15) is 11.5 Å². The predicted molar refractivity (Wildman–Crippen MR) is 114 cm³/mol. The molecular formula is C22H31N3O3. The smallest absolute Gasteiger partial charge is 0.203 e. The Morgan fingerprint density at radius 3 is 2.61 bits per heavy atom. The fourth-order valence-electron chi connectivity index (χ4n) is 2.60. The van der Waals surface area contributed by atoms with Crippen molar-refractivity contribution in [3.05, 3.63) is 35.7 Å². The van der Waals surface area contributed by atoms with E-state index in [1.54, 1.807) is 18.3 Å². The first-order valence-electron chi connectivity index (χ1n) is 9.82. The normalized spacial score (nSPS) is 14.4. The van der Waals surface area contributed by atoms with Crippen LogP contribution in [0.25, 0.3) is 0 Å². The number of ketones is 1. The molecule has 0 unspecified atom stereocenters. The van der Waals surface area contributed by atoms with E-state index in [0.717, 1.165) is 30.7 Å². The quantitative estimate of drug-likeness (QED) is 0.483. The summed E-state index contributed by atoms with van der Waals surface area (Å²) in [4.78, 5) is 21.1. The minimum atomic E-state index is -0.168. The van der Waals surface area contributed by atoms with E-state index in [9.17, 15) is 4.79 Å². The van der Waals surface area contributed by atoms with Crippen LogP contribution in [0.4, 0.5) is 0 Å². The predicted octanol–water partition coefficient (Wildman–Crippen LogP) is 4.19. The van der Waals surface area contributed by atoms with Crippen LogP contribution in [0.5, 0.6) is 11.5 Å². The highest BCUT2D eigenvalue weighted by Crippen LogP contribution is 2.24. The lowest BCUT2D eigenvalue weighted by atomic mass is 10.1. The van der Waals surface area contributed by atoms with Gasteiger partial charge in [0, 0.05) is 42.2 Å². The summed E-state index contributed by atoms with van der Waals surface area (Å²) in [6.07, 6.45) is 5.50. The van der Waals surface area contributed by atoms with Crippen molar-refractivity contribution in [3.8, 4) is 11.5 Å². The number of benzene rings is 1. The number of Topliss-reactive ketones (excluding diaryl/α,β-unsaturated/α-hetero) is 1. The molecule has 6 heteroatoms. The van der Waals surface area contributed by atoms with Crippen molar-refractivity contribution in [3.63, 3.8) is 0 Å². The molecule has 0 atom stereocenters. The van der Waals surface area contributed by atoms with Crippen LogP contribution in [0.2, 0.25) is 0 Å². The maximum atomic E-state index is 12.6. The fraction of sp³-hybridized carbons (Fsp3) is 0.500. The Balaban J connectivity index is 2.02. The SMILES string of the molecule is CC(C)COc1cc(OC(C)C)cc(C(=O)C=NCCC2=NC=C(N)CC2)c1. The van der Waals surface area contributed by atoms with Crippen LogP contribution in [0.1, 0.15) is 57.3 Å². The molecule has 0 saturated heterocycles. The number of aliphatic imine (C=N–C) groups is 2. The first kappa shape index (κ1) is 21.7. The van der Waals surface area contributed by atoms with Gasteiger partial charge in [-0.2, -0.15) is 0 Å². The van der Waals surface area contributed by atoms with Crippen molar-refractivity contribution in [2.24, 2.45) is 21.6 Å². The Labute approximate surface area is 167 Å². The molecule has 152 valence electrons. The van der Waals surface area contributed by atoms with E-state index in [1.807, 2.05) is 19.9 Å². The van der Waals surface area contributed by atoms with Gasteiger partial charge in [0.15, 0.2) is 0 Å². The first-order chi connectivity index (χ1) is 13.3. The molecule has 1 aliphatic heterocycles. The topological polar surface area (TPSA) is 86.3 Å². The van der Waals surface area contributed by atoms with Crippen molar-refractivity contribution in [2.75, 3.05) is 13.2 Å². The molecule has 1 heterocycles. The number of rotatable bonds is 10. The second-order valence-corrected chi connectivity index (χ2v) is 7.61. The Bertz CT molecular complexity index is 764. The molecule has 1 aromatic carbocycles. The summed E-state index contributed by atoms with van der Waals surface area (Å²) in [5.74, 6) is 1.47. The molecule has 0 radical (unpaired) electrons. The summed E-state index contributed by atoms with van der Waals surface area (Å²) in [5.41, 5.74) is 8.09. The summed E-state index contributed by atoms with van der Waals surface area (Å²) >= 11 is 0. The maximum absolute atomic E-state index is 12.6. The lowest BCUT2D eigenvalue weighted by molar-refractivity contribution is 0.106. The zero-order valence-electron chi connectivity index (χ0n) is 17.3. The molecule has 0 aromatic heterocycles. The molecule has 0 bridgehead atoms. The Kier molecular flexibility index (Phi) is 8.23. The second kappa shape index (κ2) is 10.6. The monoisotopic (exact) mass is 385 g/mol. The first-order valence-corrected chi connectivity index (χ1v) is 9.82. The number of ether oxygens (including phenoxy) is 2. The molecule has 1 aliphatic rings. The fourth-order valence-corrected chi connectivity index (χ4v) is 2.60. The van der Waals surface area contributed by atoms with E-state index in [2.05, 4.69) is 23.8 Å². The van der Waals surface area contributed by atoms with Gasteiger partial charge in [-0.3, -0.25) is 14.8 Å². The van der Waals surface area contributed by atoms with Crippen LogP contribution in [-0.2, 0) is 0 Å². The van der Waals surface area contributed by atoms with Gasteiger partial charge in [-0.15, -0.1) is 0 Å². The van der Waals surface area contributed by atoms with Crippen molar-refractivity contribution in [2.45, 2.75) is 53.1 Å². The number of allylic oxidation sites excluding steroid dienone is 1. The molecule has 2 rings (SSSR count). The molecule has 0 spiro atoms. The van der Waals surface area contributed by atoms with E-state index >= 15 is 0 Å². The van der Waals surface area contributed by atoms with Crippen molar-refractivity contribution in [1.82, 2.24) is 0 Å². The Hall–Kier alpha value is -2.63. The van der Waals surface area contributed by atoms with Gasteiger partial charge in [0.05, 0.1) is 18.9 Å². The van der Waals surface area contributed by atoms with Crippen LogP contribution in [0.15, 0.2) is 40.1 Å². The molecule has 0 amide bonds. The number of nitrogens with zero attached hydrogens (tertiary/aromatic N) is 2. The van der Waals surface area contributed by atoms with Gasteiger partial charge in [0.25, 0.3) is 0 Å². The standard InChI is InChI=1S/C22H31N3O3/c1-15(2)14-27-20-9-17(10-21(11-20)28-16(3)4)22(26)13-24-8-7-19-6-5-18(23)12-25-19/h9-13,15-16H,5-8,14,23H2,1-4H3. The van der Waals surface area contributed by atoms with Gasteiger partial charge in [0.2, 0.25) is 5.78 Å². The zero-order valence-corrected chi connectivity index (χ0v) is 17.3. The average Bonchev–Trinajstić information content (AvgIpc) is 2.64. The van der Waals surface area contributed by atoms with Gasteiger partial charge in [-0.1, -0.05) is 13.8 Å². The summed E-state index contributed by atoms with van der Waals surface area (Å²) in [5, 5.41) is 0. The molecule has 0 fully saturated rings. The molecule has 6 nitrogen and oxygen atoms in total. The number of carbonyl (C=O) groups is 1. The van der Waals surface area contributed by atoms with E-state index in [4.69, 9.17) is 15.2 Å². The van der Waals surface area contributed by atoms with E-state index < -0.39 is 0 Å². The Morgan fingerprint density at radius 2 is 1.96 bits per heavy atom. The van der Waals surface area contributed by atoms with Gasteiger partial charge >= 0.3 is 0 Å². The van der Waals surface area contributed by atoms with E-state index in [0.29, 0.717) is 36.1 Å². The lowest BCUT2D eigenvalue weighted by Crippen LogP contribution is -2.10. The van der Waals surface area contributed by atoms with Crippen LogP contribution in [0.3, 0.4) is 0 Å². The van der Waals surface area contributed by atoms with Crippen LogP contribution < -0.4 is 15.2 Å². The minimum absolute atomic E-state index is 0.0105.